The largest absolute Gasteiger partial charge is 0.508 e. The maximum Gasteiger partial charge on any atom is 0.200 e. The van der Waals surface area contributed by atoms with Gasteiger partial charge in [-0.1, -0.05) is 41.0 Å². The van der Waals surface area contributed by atoms with E-state index in [1.807, 2.05) is 27.7 Å². The molecular formula is C45H44O11. The number of aromatic hydroxyl groups is 8. The third-order valence-corrected chi connectivity index (χ3v) is 10.3. The predicted molar refractivity (Wildman–Crippen MR) is 212 cm³/mol. The molecule has 11 heteroatoms. The number of fused-ring (bicyclic) bond motifs is 1. The summed E-state index contributed by atoms with van der Waals surface area (Å²) >= 11 is 0. The van der Waals surface area contributed by atoms with Gasteiger partial charge in [0.15, 0.2) is 5.78 Å². The minimum absolute atomic E-state index is 0.0346. The molecule has 3 atom stereocenters. The summed E-state index contributed by atoms with van der Waals surface area (Å²) in [4.78, 5) is 29.6. The highest BCUT2D eigenvalue weighted by atomic mass is 16.3. The van der Waals surface area contributed by atoms with Gasteiger partial charge in [-0.15, -0.1) is 0 Å². The maximum absolute atomic E-state index is 15.1. The van der Waals surface area contributed by atoms with E-state index in [1.54, 1.807) is 25.2 Å². The summed E-state index contributed by atoms with van der Waals surface area (Å²) in [6.07, 6.45) is 5.64. The second-order valence-corrected chi connectivity index (χ2v) is 14.9. The van der Waals surface area contributed by atoms with Crippen LogP contribution in [0.15, 0.2) is 98.8 Å². The Labute approximate surface area is 322 Å². The zero-order valence-electron chi connectivity index (χ0n) is 31.6. The molecule has 0 unspecified atom stereocenters. The van der Waals surface area contributed by atoms with E-state index in [0.29, 0.717) is 0 Å². The molecule has 0 aliphatic heterocycles. The standard InChI is InChI=1S/C45H44O11/c1-21(2)6-10-27-33(48)15-14-29(41(27)53)42(54)38-31(26-12-8-24(46)18-34(26)49)16-23(5)17-32(38)39-36(51)20-37(52)40-43(55)30(11-7-22(3)4)44(56-45(39)40)28-13-9-25(47)19-35(28)50/h6-9,12-15,17-20,31-32,38,46-53H,10-11,16H2,1-5H3/t31-,32-,38+/m0/s1. The van der Waals surface area contributed by atoms with Gasteiger partial charge >= 0.3 is 0 Å². The fraction of sp³-hybridized carbons (Fsp3) is 0.244. The molecule has 5 aromatic rings. The van der Waals surface area contributed by atoms with E-state index in [2.05, 4.69) is 0 Å². The lowest BCUT2D eigenvalue weighted by atomic mass is 9.65. The second-order valence-electron chi connectivity index (χ2n) is 14.9. The van der Waals surface area contributed by atoms with Crippen LogP contribution in [-0.4, -0.2) is 46.6 Å². The van der Waals surface area contributed by atoms with E-state index < -0.39 is 52.0 Å². The lowest BCUT2D eigenvalue weighted by Crippen LogP contribution is -2.32. The zero-order chi connectivity index (χ0) is 40.7. The third-order valence-electron chi connectivity index (χ3n) is 10.3. The van der Waals surface area contributed by atoms with Crippen molar-refractivity contribution < 1.29 is 50.1 Å². The van der Waals surface area contributed by atoms with E-state index in [4.69, 9.17) is 4.42 Å². The van der Waals surface area contributed by atoms with E-state index in [9.17, 15) is 45.6 Å². The Morgan fingerprint density at radius 1 is 0.732 bits per heavy atom. The van der Waals surface area contributed by atoms with Gasteiger partial charge in [-0.25, -0.2) is 0 Å². The van der Waals surface area contributed by atoms with Crippen molar-refractivity contribution in [1.29, 1.82) is 0 Å². The van der Waals surface area contributed by atoms with Crippen LogP contribution in [0.3, 0.4) is 0 Å². The average molecular weight is 761 g/mol. The normalized spacial score (nSPS) is 16.7. The van der Waals surface area contributed by atoms with E-state index in [0.717, 1.165) is 34.9 Å². The topological polar surface area (TPSA) is 209 Å². The van der Waals surface area contributed by atoms with Crippen LogP contribution in [0.4, 0.5) is 0 Å². The summed E-state index contributed by atoms with van der Waals surface area (Å²) in [7, 11) is 0. The minimum Gasteiger partial charge on any atom is -0.508 e. The Bertz CT molecular complexity index is 2550. The highest BCUT2D eigenvalue weighted by Crippen LogP contribution is 2.53. The monoisotopic (exact) mass is 760 g/mol. The molecule has 0 radical (unpaired) electrons. The first-order chi connectivity index (χ1) is 26.5. The highest BCUT2D eigenvalue weighted by molar-refractivity contribution is 6.03. The number of carbonyl (C=O) groups is 1. The molecule has 1 heterocycles. The van der Waals surface area contributed by atoms with Gasteiger partial charge in [0.1, 0.15) is 62.7 Å². The van der Waals surface area contributed by atoms with Crippen molar-refractivity contribution in [3.63, 3.8) is 0 Å². The van der Waals surface area contributed by atoms with Gasteiger partial charge in [0, 0.05) is 52.6 Å². The lowest BCUT2D eigenvalue weighted by Gasteiger charge is -2.37. The Morgan fingerprint density at radius 3 is 1.98 bits per heavy atom. The fourth-order valence-electron chi connectivity index (χ4n) is 7.60. The molecule has 8 N–H and O–H groups in total. The van der Waals surface area contributed by atoms with Gasteiger partial charge in [-0.05, 0) is 89.8 Å². The van der Waals surface area contributed by atoms with E-state index in [-0.39, 0.29) is 92.4 Å². The second kappa shape index (κ2) is 15.3. The van der Waals surface area contributed by atoms with Crippen LogP contribution in [0.1, 0.15) is 85.5 Å². The van der Waals surface area contributed by atoms with Crippen LogP contribution >= 0.6 is 0 Å². The number of phenolic OH excluding ortho intramolecular Hbond substituents is 8. The lowest BCUT2D eigenvalue weighted by molar-refractivity contribution is 0.0877. The summed E-state index contributed by atoms with van der Waals surface area (Å²) < 4.78 is 6.52. The molecule has 0 amide bonds. The molecule has 0 fully saturated rings. The first kappa shape index (κ1) is 39.1. The maximum atomic E-state index is 15.1. The number of hydrogen-bond donors (Lipinski definition) is 8. The van der Waals surface area contributed by atoms with Crippen molar-refractivity contribution in [3.8, 4) is 57.3 Å². The summed E-state index contributed by atoms with van der Waals surface area (Å²) in [5.74, 6) is -6.93. The van der Waals surface area contributed by atoms with Gasteiger partial charge in [-0.3, -0.25) is 9.59 Å². The van der Waals surface area contributed by atoms with Crippen LogP contribution in [0.2, 0.25) is 0 Å². The SMILES string of the molecule is CC(C)=CCc1c(O)ccc(C(=O)[C@H]2[C@@H](c3c(O)cc(O)c4c(=O)c(CC=C(C)C)c(-c5ccc(O)cc5O)oc34)C=C(C)C[C@H]2c2ccc(O)cc2O)c1O. The van der Waals surface area contributed by atoms with Crippen molar-refractivity contribution in [3.05, 3.63) is 128 Å². The van der Waals surface area contributed by atoms with Crippen molar-refractivity contribution in [2.45, 2.75) is 65.7 Å². The Kier molecular flexibility index (Phi) is 10.6. The fourth-order valence-corrected chi connectivity index (χ4v) is 7.60. The van der Waals surface area contributed by atoms with Gasteiger partial charge < -0.3 is 45.3 Å². The number of hydrogen-bond acceptors (Lipinski definition) is 11. The number of rotatable bonds is 9. The molecule has 1 aromatic heterocycles. The molecule has 1 aliphatic carbocycles. The van der Waals surface area contributed by atoms with Crippen molar-refractivity contribution in [2.75, 3.05) is 0 Å². The van der Waals surface area contributed by atoms with Crippen LogP contribution in [0, 0.1) is 5.92 Å². The van der Waals surface area contributed by atoms with Crippen molar-refractivity contribution in [1.82, 2.24) is 0 Å². The number of carbonyl (C=O) groups excluding carboxylic acids is 1. The number of phenols is 8. The number of allylic oxidation sites excluding steroid dienone is 6. The highest BCUT2D eigenvalue weighted by Gasteiger charge is 2.44. The van der Waals surface area contributed by atoms with Gasteiger partial charge in [0.25, 0.3) is 0 Å². The minimum atomic E-state index is -1.24. The van der Waals surface area contributed by atoms with E-state index >= 15 is 4.79 Å². The van der Waals surface area contributed by atoms with Gasteiger partial charge in [0.05, 0.1) is 11.1 Å². The quantitative estimate of drug-likeness (QED) is 0.0526. The Morgan fingerprint density at radius 2 is 1.36 bits per heavy atom. The summed E-state index contributed by atoms with van der Waals surface area (Å²) in [5, 5.41) is 87.4. The van der Waals surface area contributed by atoms with Crippen LogP contribution in [-0.2, 0) is 12.8 Å². The smallest absolute Gasteiger partial charge is 0.200 e. The molecule has 56 heavy (non-hydrogen) atoms. The molecule has 1 aliphatic rings. The first-order valence-electron chi connectivity index (χ1n) is 18.1. The Hall–Kier alpha value is -6.62. The number of benzene rings is 4. The van der Waals surface area contributed by atoms with Crippen LogP contribution in [0.5, 0.6) is 46.0 Å². The number of Topliss-reactive ketones (excluding diaryl/α,β-unsaturated/α-hetero) is 1. The van der Waals surface area contributed by atoms with Gasteiger partial charge in [0.2, 0.25) is 5.43 Å². The summed E-state index contributed by atoms with van der Waals surface area (Å²) in [5.41, 5.74) is 1.85. The van der Waals surface area contributed by atoms with Crippen molar-refractivity contribution in [2.24, 2.45) is 5.92 Å². The molecule has 0 bridgehead atoms. The summed E-state index contributed by atoms with van der Waals surface area (Å²) in [6.45, 7) is 9.17. The predicted octanol–water partition coefficient (Wildman–Crippen LogP) is 8.84. The first-order valence-corrected chi connectivity index (χ1v) is 18.1. The van der Waals surface area contributed by atoms with E-state index in [1.165, 1.54) is 36.4 Å². The average Bonchev–Trinajstić information content (AvgIpc) is 3.10. The zero-order valence-corrected chi connectivity index (χ0v) is 31.6. The third kappa shape index (κ3) is 7.27. The molecule has 0 spiro atoms. The molecule has 290 valence electrons. The molecule has 6 rings (SSSR count). The molecule has 4 aromatic carbocycles. The van der Waals surface area contributed by atoms with Crippen LogP contribution in [0.25, 0.3) is 22.3 Å². The molecule has 11 nitrogen and oxygen atoms in total. The summed E-state index contributed by atoms with van der Waals surface area (Å²) in [6, 6.07) is 11.4. The van der Waals surface area contributed by atoms with Crippen LogP contribution < -0.4 is 5.43 Å². The molecule has 0 saturated carbocycles. The molecular weight excluding hydrogens is 716 g/mol. The molecule has 0 saturated heterocycles. The number of ketones is 1. The Balaban J connectivity index is 1.69. The van der Waals surface area contributed by atoms with Crippen molar-refractivity contribution >= 4 is 16.8 Å². The van der Waals surface area contributed by atoms with Gasteiger partial charge in [-0.2, -0.15) is 0 Å².